The van der Waals surface area contributed by atoms with Gasteiger partial charge in [0.2, 0.25) is 11.8 Å². The fourth-order valence-electron chi connectivity index (χ4n) is 2.37. The van der Waals surface area contributed by atoms with Crippen molar-refractivity contribution in [3.8, 4) is 17.3 Å². The van der Waals surface area contributed by atoms with Crippen LogP contribution in [0.25, 0.3) is 11.4 Å². The number of anilines is 2. The summed E-state index contributed by atoms with van der Waals surface area (Å²) in [6.45, 7) is 4.23. The molecule has 0 fully saturated rings. The Bertz CT molecular complexity index is 745. The van der Waals surface area contributed by atoms with E-state index in [2.05, 4.69) is 19.9 Å². The highest BCUT2D eigenvalue weighted by Crippen LogP contribution is 2.41. The van der Waals surface area contributed by atoms with Crippen molar-refractivity contribution in [2.24, 2.45) is 0 Å². The summed E-state index contributed by atoms with van der Waals surface area (Å²) < 4.78 is 45.7. The minimum atomic E-state index is -4.65. The van der Waals surface area contributed by atoms with Crippen molar-refractivity contribution in [1.29, 1.82) is 0 Å². The van der Waals surface area contributed by atoms with Crippen LogP contribution in [0.15, 0.2) is 12.4 Å². The van der Waals surface area contributed by atoms with E-state index in [1.807, 2.05) is 0 Å². The molecule has 2 heterocycles. The lowest BCUT2D eigenvalue weighted by Crippen LogP contribution is -2.27. The fraction of sp³-hybridized carbons (Fsp3) is 0.500. The summed E-state index contributed by atoms with van der Waals surface area (Å²) in [5, 5.41) is 0. The molecule has 2 rings (SSSR count). The average Bonchev–Trinajstić information content (AvgIpc) is 2.61. The molecule has 0 bridgehead atoms. The summed E-state index contributed by atoms with van der Waals surface area (Å²) in [7, 11) is 4.72. The number of hydrogen-bond donors (Lipinski definition) is 0. The SMILES string of the molecule is CCN(CC)c1nc(-c2cnc(N(C)C)nc2)nc(OC)c1C(F)(F)F. The zero-order valence-electron chi connectivity index (χ0n) is 15.3. The number of methoxy groups -OCH3 is 1. The Morgan fingerprint density at radius 2 is 1.62 bits per heavy atom. The van der Waals surface area contributed by atoms with Gasteiger partial charge in [-0.05, 0) is 13.8 Å². The first kappa shape index (κ1) is 19.7. The second-order valence-electron chi connectivity index (χ2n) is 5.59. The van der Waals surface area contributed by atoms with Crippen LogP contribution in [-0.2, 0) is 6.18 Å². The highest BCUT2D eigenvalue weighted by atomic mass is 19.4. The van der Waals surface area contributed by atoms with E-state index in [0.29, 0.717) is 24.6 Å². The minimum absolute atomic E-state index is 0.0713. The molecule has 0 radical (unpaired) electrons. The molecule has 10 heteroatoms. The zero-order chi connectivity index (χ0) is 19.5. The highest BCUT2D eigenvalue weighted by Gasteiger charge is 2.41. The van der Waals surface area contributed by atoms with Gasteiger partial charge in [-0.15, -0.1) is 0 Å². The van der Waals surface area contributed by atoms with Crippen molar-refractivity contribution >= 4 is 11.8 Å². The summed E-state index contributed by atoms with van der Waals surface area (Å²) >= 11 is 0. The summed E-state index contributed by atoms with van der Waals surface area (Å²) in [6, 6.07) is 0. The molecular formula is C16H21F3N6O. The standard InChI is InChI=1S/C16H21F3N6O/c1-6-25(7-2)13-11(16(17,18)19)14(26-5)23-12(22-13)10-8-20-15(21-9-10)24(3)4/h8-9H,6-7H2,1-5H3. The number of alkyl halides is 3. The molecule has 0 saturated carbocycles. The second kappa shape index (κ2) is 7.71. The van der Waals surface area contributed by atoms with Crippen LogP contribution in [0.4, 0.5) is 24.9 Å². The van der Waals surface area contributed by atoms with Crippen molar-refractivity contribution in [2.75, 3.05) is 44.1 Å². The van der Waals surface area contributed by atoms with E-state index in [1.54, 1.807) is 32.8 Å². The van der Waals surface area contributed by atoms with E-state index in [4.69, 9.17) is 4.74 Å². The van der Waals surface area contributed by atoms with E-state index in [-0.39, 0.29) is 11.6 Å². The van der Waals surface area contributed by atoms with E-state index >= 15 is 0 Å². The van der Waals surface area contributed by atoms with Gasteiger partial charge in [0, 0.05) is 39.6 Å². The monoisotopic (exact) mass is 370 g/mol. The van der Waals surface area contributed by atoms with Gasteiger partial charge in [0.1, 0.15) is 5.82 Å². The van der Waals surface area contributed by atoms with E-state index in [0.717, 1.165) is 7.11 Å². The van der Waals surface area contributed by atoms with Crippen LogP contribution in [0.5, 0.6) is 5.88 Å². The largest absolute Gasteiger partial charge is 0.480 e. The van der Waals surface area contributed by atoms with Crippen molar-refractivity contribution < 1.29 is 17.9 Å². The van der Waals surface area contributed by atoms with E-state index in [1.165, 1.54) is 17.3 Å². The number of halogens is 3. The quantitative estimate of drug-likeness (QED) is 0.774. The first-order chi connectivity index (χ1) is 12.2. The third-order valence-electron chi connectivity index (χ3n) is 3.69. The van der Waals surface area contributed by atoms with Crippen molar-refractivity contribution in [3.05, 3.63) is 18.0 Å². The molecule has 0 amide bonds. The summed E-state index contributed by atoms with van der Waals surface area (Å²) in [4.78, 5) is 19.6. The van der Waals surface area contributed by atoms with Gasteiger partial charge in [-0.1, -0.05) is 0 Å². The molecule has 0 unspecified atom stereocenters. The lowest BCUT2D eigenvalue weighted by atomic mass is 10.2. The van der Waals surface area contributed by atoms with Gasteiger partial charge in [-0.3, -0.25) is 0 Å². The predicted molar refractivity (Wildman–Crippen MR) is 92.5 cm³/mol. The lowest BCUT2D eigenvalue weighted by molar-refractivity contribution is -0.138. The molecule has 2 aromatic heterocycles. The Hall–Kier alpha value is -2.65. The van der Waals surface area contributed by atoms with Crippen LogP contribution in [0.3, 0.4) is 0 Å². The van der Waals surface area contributed by atoms with Crippen molar-refractivity contribution in [1.82, 2.24) is 19.9 Å². The number of ether oxygens (including phenoxy) is 1. The first-order valence-corrected chi connectivity index (χ1v) is 8.00. The maximum absolute atomic E-state index is 13.6. The Balaban J connectivity index is 2.67. The third kappa shape index (κ3) is 3.94. The molecule has 0 spiro atoms. The minimum Gasteiger partial charge on any atom is -0.480 e. The molecule has 7 nitrogen and oxygen atoms in total. The second-order valence-corrected chi connectivity index (χ2v) is 5.59. The molecular weight excluding hydrogens is 349 g/mol. The van der Waals surface area contributed by atoms with Crippen LogP contribution >= 0.6 is 0 Å². The Labute approximate surface area is 149 Å². The molecule has 0 N–H and O–H groups in total. The van der Waals surface area contributed by atoms with Crippen LogP contribution in [0.2, 0.25) is 0 Å². The van der Waals surface area contributed by atoms with Gasteiger partial charge < -0.3 is 14.5 Å². The van der Waals surface area contributed by atoms with Crippen molar-refractivity contribution in [2.45, 2.75) is 20.0 Å². The maximum Gasteiger partial charge on any atom is 0.425 e. The summed E-state index contributed by atoms with van der Waals surface area (Å²) in [5.41, 5.74) is -0.589. The van der Waals surface area contributed by atoms with Crippen LogP contribution < -0.4 is 14.5 Å². The number of aromatic nitrogens is 4. The lowest BCUT2D eigenvalue weighted by Gasteiger charge is -2.25. The highest BCUT2D eigenvalue weighted by molar-refractivity contribution is 5.62. The molecule has 0 aromatic carbocycles. The molecule has 26 heavy (non-hydrogen) atoms. The summed E-state index contributed by atoms with van der Waals surface area (Å²) in [5.74, 6) is -0.208. The van der Waals surface area contributed by atoms with E-state index in [9.17, 15) is 13.2 Å². The van der Waals surface area contributed by atoms with Crippen LogP contribution in [-0.4, -0.2) is 54.2 Å². The predicted octanol–water partition coefficient (Wildman–Crippen LogP) is 2.87. The zero-order valence-corrected chi connectivity index (χ0v) is 15.3. The molecule has 2 aromatic rings. The molecule has 0 aliphatic carbocycles. The smallest absolute Gasteiger partial charge is 0.425 e. The Kier molecular flexibility index (Phi) is 5.83. The van der Waals surface area contributed by atoms with Crippen LogP contribution in [0.1, 0.15) is 19.4 Å². The van der Waals surface area contributed by atoms with Gasteiger partial charge >= 0.3 is 6.18 Å². The number of rotatable bonds is 6. The number of nitrogens with zero attached hydrogens (tertiary/aromatic N) is 6. The molecule has 0 aliphatic rings. The average molecular weight is 370 g/mol. The molecule has 0 atom stereocenters. The van der Waals surface area contributed by atoms with Gasteiger partial charge in [-0.2, -0.15) is 18.2 Å². The van der Waals surface area contributed by atoms with Gasteiger partial charge in [0.05, 0.1) is 12.7 Å². The summed E-state index contributed by atoms with van der Waals surface area (Å²) in [6.07, 6.45) is -1.71. The third-order valence-corrected chi connectivity index (χ3v) is 3.69. The van der Waals surface area contributed by atoms with E-state index < -0.39 is 17.6 Å². The normalized spacial score (nSPS) is 11.4. The van der Waals surface area contributed by atoms with Crippen molar-refractivity contribution in [3.63, 3.8) is 0 Å². The first-order valence-electron chi connectivity index (χ1n) is 8.00. The Morgan fingerprint density at radius 1 is 1.04 bits per heavy atom. The van der Waals surface area contributed by atoms with Gasteiger partial charge in [0.25, 0.3) is 0 Å². The van der Waals surface area contributed by atoms with Crippen LogP contribution in [0, 0.1) is 0 Å². The maximum atomic E-state index is 13.6. The Morgan fingerprint density at radius 3 is 2.04 bits per heavy atom. The van der Waals surface area contributed by atoms with Gasteiger partial charge in [0.15, 0.2) is 11.4 Å². The topological polar surface area (TPSA) is 67.3 Å². The molecule has 0 aliphatic heterocycles. The molecule has 0 saturated heterocycles. The number of hydrogen-bond acceptors (Lipinski definition) is 7. The fourth-order valence-corrected chi connectivity index (χ4v) is 2.37. The van der Waals surface area contributed by atoms with Gasteiger partial charge in [-0.25, -0.2) is 15.0 Å². The molecule has 142 valence electrons.